The van der Waals surface area contributed by atoms with Gasteiger partial charge in [0.1, 0.15) is 5.82 Å². The van der Waals surface area contributed by atoms with Crippen molar-refractivity contribution in [1.29, 1.82) is 0 Å². The summed E-state index contributed by atoms with van der Waals surface area (Å²) in [5.74, 6) is 0.659. The third-order valence-electron chi connectivity index (χ3n) is 3.54. The van der Waals surface area contributed by atoms with E-state index in [1.54, 1.807) is 12.5 Å². The molecule has 0 spiro atoms. The molecule has 3 rings (SSSR count). The van der Waals surface area contributed by atoms with Crippen LogP contribution in [0.15, 0.2) is 67.3 Å². The van der Waals surface area contributed by atoms with E-state index in [1.807, 2.05) is 58.9 Å². The Bertz CT molecular complexity index is 727. The fourth-order valence-electron chi connectivity index (χ4n) is 2.30. The molecule has 0 aliphatic carbocycles. The Labute approximate surface area is 144 Å². The normalized spacial score (nSPS) is 12.3. The highest BCUT2D eigenvalue weighted by Gasteiger charge is 2.13. The third-order valence-corrected chi connectivity index (χ3v) is 5.12. The van der Waals surface area contributed by atoms with Crippen molar-refractivity contribution in [2.45, 2.75) is 17.5 Å². The van der Waals surface area contributed by atoms with E-state index in [2.05, 4.69) is 4.98 Å². The van der Waals surface area contributed by atoms with Gasteiger partial charge in [0.15, 0.2) is 0 Å². The van der Waals surface area contributed by atoms with E-state index in [1.165, 1.54) is 17.7 Å². The van der Waals surface area contributed by atoms with Crippen LogP contribution in [0.4, 0.5) is 4.39 Å². The summed E-state index contributed by atoms with van der Waals surface area (Å²) in [6.45, 7) is 0.796. The minimum atomic E-state index is -0.210. The highest BCUT2D eigenvalue weighted by molar-refractivity contribution is 7.98. The molecule has 1 heterocycles. The van der Waals surface area contributed by atoms with Gasteiger partial charge in [0, 0.05) is 35.0 Å². The number of halogens is 2. The van der Waals surface area contributed by atoms with E-state index in [9.17, 15) is 4.39 Å². The first-order valence-corrected chi connectivity index (χ1v) is 8.70. The Balaban J connectivity index is 1.74. The fourth-order valence-corrected chi connectivity index (χ4v) is 3.63. The first kappa shape index (κ1) is 16.1. The van der Waals surface area contributed by atoms with Gasteiger partial charge < -0.3 is 4.57 Å². The lowest BCUT2D eigenvalue weighted by atomic mass is 10.1. The second kappa shape index (κ2) is 7.66. The maximum atomic E-state index is 13.2. The van der Waals surface area contributed by atoms with Gasteiger partial charge in [-0.1, -0.05) is 35.9 Å². The summed E-state index contributed by atoms with van der Waals surface area (Å²) in [6.07, 6.45) is 5.52. The molecule has 0 saturated heterocycles. The summed E-state index contributed by atoms with van der Waals surface area (Å²) in [4.78, 5) is 4.09. The van der Waals surface area contributed by atoms with Crippen LogP contribution in [0.3, 0.4) is 0 Å². The monoisotopic (exact) mass is 346 g/mol. The van der Waals surface area contributed by atoms with Crippen molar-refractivity contribution in [3.63, 3.8) is 0 Å². The number of hydrogen-bond donors (Lipinski definition) is 0. The quantitative estimate of drug-likeness (QED) is 0.598. The number of benzene rings is 2. The molecule has 2 aromatic carbocycles. The average Bonchev–Trinajstić information content (AvgIpc) is 3.07. The molecule has 0 aliphatic rings. The standard InChI is InChI=1S/C18H16ClFN2S/c19-16-5-1-14(2-6-16)12-23-18(11-22-10-9-21-13-22)15-3-7-17(20)8-4-15/h1-10,13,18H,11-12H2. The van der Waals surface area contributed by atoms with Crippen LogP contribution in [-0.2, 0) is 12.3 Å². The van der Waals surface area contributed by atoms with Crippen molar-refractivity contribution in [3.05, 3.63) is 89.2 Å². The van der Waals surface area contributed by atoms with Crippen LogP contribution in [0.25, 0.3) is 0 Å². The van der Waals surface area contributed by atoms with Crippen molar-refractivity contribution >= 4 is 23.4 Å². The van der Waals surface area contributed by atoms with E-state index in [4.69, 9.17) is 11.6 Å². The molecular weight excluding hydrogens is 331 g/mol. The lowest BCUT2D eigenvalue weighted by Crippen LogP contribution is -2.05. The maximum absolute atomic E-state index is 13.2. The molecule has 0 aliphatic heterocycles. The minimum absolute atomic E-state index is 0.210. The minimum Gasteiger partial charge on any atom is -0.336 e. The second-order valence-corrected chi connectivity index (χ2v) is 6.86. The molecule has 0 N–H and O–H groups in total. The maximum Gasteiger partial charge on any atom is 0.123 e. The smallest absolute Gasteiger partial charge is 0.123 e. The van der Waals surface area contributed by atoms with Crippen LogP contribution >= 0.6 is 23.4 Å². The zero-order chi connectivity index (χ0) is 16.1. The lowest BCUT2D eigenvalue weighted by Gasteiger charge is -2.18. The Morgan fingerprint density at radius 1 is 1.09 bits per heavy atom. The summed E-state index contributed by atoms with van der Waals surface area (Å²) in [5.41, 5.74) is 2.33. The van der Waals surface area contributed by atoms with E-state index in [0.717, 1.165) is 22.9 Å². The predicted octanol–water partition coefficient (Wildman–Crippen LogP) is 5.35. The van der Waals surface area contributed by atoms with Crippen molar-refractivity contribution < 1.29 is 4.39 Å². The zero-order valence-corrected chi connectivity index (χ0v) is 14.0. The average molecular weight is 347 g/mol. The van der Waals surface area contributed by atoms with Crippen LogP contribution in [-0.4, -0.2) is 9.55 Å². The summed E-state index contributed by atoms with van der Waals surface area (Å²) < 4.78 is 15.2. The van der Waals surface area contributed by atoms with Gasteiger partial charge in [-0.25, -0.2) is 9.37 Å². The summed E-state index contributed by atoms with van der Waals surface area (Å²) in [5, 5.41) is 0.965. The predicted molar refractivity (Wildman–Crippen MR) is 94.1 cm³/mol. The van der Waals surface area contributed by atoms with E-state index < -0.39 is 0 Å². The molecule has 2 nitrogen and oxygen atoms in total. The molecule has 5 heteroatoms. The molecule has 1 aromatic heterocycles. The molecule has 0 amide bonds. The van der Waals surface area contributed by atoms with Crippen LogP contribution in [0.1, 0.15) is 16.4 Å². The zero-order valence-electron chi connectivity index (χ0n) is 12.4. The first-order valence-electron chi connectivity index (χ1n) is 7.28. The van der Waals surface area contributed by atoms with E-state index >= 15 is 0 Å². The topological polar surface area (TPSA) is 17.8 Å². The molecule has 3 aromatic rings. The molecule has 0 bridgehead atoms. The highest BCUT2D eigenvalue weighted by atomic mass is 35.5. The Kier molecular flexibility index (Phi) is 5.36. The van der Waals surface area contributed by atoms with Gasteiger partial charge in [0.05, 0.1) is 6.33 Å². The van der Waals surface area contributed by atoms with Crippen LogP contribution < -0.4 is 0 Å². The molecule has 1 unspecified atom stereocenters. The number of aromatic nitrogens is 2. The number of thioether (sulfide) groups is 1. The largest absolute Gasteiger partial charge is 0.336 e. The summed E-state index contributed by atoms with van der Waals surface area (Å²) in [7, 11) is 0. The Morgan fingerprint density at radius 2 is 1.83 bits per heavy atom. The van der Waals surface area contributed by atoms with Gasteiger partial charge in [-0.3, -0.25) is 0 Å². The van der Waals surface area contributed by atoms with Crippen molar-refractivity contribution in [3.8, 4) is 0 Å². The Morgan fingerprint density at radius 3 is 2.48 bits per heavy atom. The van der Waals surface area contributed by atoms with Gasteiger partial charge >= 0.3 is 0 Å². The summed E-state index contributed by atoms with van der Waals surface area (Å²) >= 11 is 7.75. The van der Waals surface area contributed by atoms with E-state index in [0.29, 0.717) is 0 Å². The van der Waals surface area contributed by atoms with Gasteiger partial charge in [-0.2, -0.15) is 0 Å². The van der Waals surface area contributed by atoms with Gasteiger partial charge in [0.2, 0.25) is 0 Å². The molecule has 23 heavy (non-hydrogen) atoms. The van der Waals surface area contributed by atoms with Crippen molar-refractivity contribution in [1.82, 2.24) is 9.55 Å². The number of nitrogens with zero attached hydrogens (tertiary/aromatic N) is 2. The number of imidazole rings is 1. The number of rotatable bonds is 6. The van der Waals surface area contributed by atoms with E-state index in [-0.39, 0.29) is 11.1 Å². The van der Waals surface area contributed by atoms with Gasteiger partial charge in [-0.05, 0) is 35.4 Å². The van der Waals surface area contributed by atoms with Crippen molar-refractivity contribution in [2.75, 3.05) is 0 Å². The third kappa shape index (κ3) is 4.60. The van der Waals surface area contributed by atoms with Crippen LogP contribution in [0, 0.1) is 5.82 Å². The molecule has 0 saturated carbocycles. The highest BCUT2D eigenvalue weighted by Crippen LogP contribution is 2.33. The second-order valence-electron chi connectivity index (χ2n) is 5.24. The molecular formula is C18H16ClFN2S. The van der Waals surface area contributed by atoms with Gasteiger partial charge in [0.25, 0.3) is 0 Å². The van der Waals surface area contributed by atoms with Crippen LogP contribution in [0.5, 0.6) is 0 Å². The summed E-state index contributed by atoms with van der Waals surface area (Å²) in [6, 6.07) is 14.6. The molecule has 1 atom stereocenters. The fraction of sp³-hybridized carbons (Fsp3) is 0.167. The first-order chi connectivity index (χ1) is 11.2. The molecule has 0 fully saturated rings. The van der Waals surface area contributed by atoms with Crippen molar-refractivity contribution in [2.24, 2.45) is 0 Å². The Hall–Kier alpha value is -1.78. The lowest BCUT2D eigenvalue weighted by molar-refractivity contribution is 0.625. The van der Waals surface area contributed by atoms with Crippen LogP contribution in [0.2, 0.25) is 5.02 Å². The SMILES string of the molecule is Fc1ccc(C(Cn2ccnc2)SCc2ccc(Cl)cc2)cc1. The number of hydrogen-bond acceptors (Lipinski definition) is 2. The molecule has 118 valence electrons. The molecule has 0 radical (unpaired) electrons. The van der Waals surface area contributed by atoms with Gasteiger partial charge in [-0.15, -0.1) is 11.8 Å².